The van der Waals surface area contributed by atoms with Crippen molar-refractivity contribution in [1.82, 2.24) is 4.90 Å². The molecule has 0 aromatic heterocycles. The minimum atomic E-state index is -1.06. The number of benzene rings is 1. The number of nitriles is 1. The van der Waals surface area contributed by atoms with E-state index in [1.807, 2.05) is 6.07 Å². The molecule has 0 saturated carbocycles. The third-order valence-electron chi connectivity index (χ3n) is 2.30. The number of rotatable bonds is 4. The average molecular weight is 251 g/mol. The van der Waals surface area contributed by atoms with E-state index in [4.69, 9.17) is 5.26 Å². The van der Waals surface area contributed by atoms with Gasteiger partial charge in [-0.1, -0.05) is 0 Å². The van der Waals surface area contributed by atoms with Crippen LogP contribution in [-0.4, -0.2) is 29.3 Å². The average Bonchev–Trinajstić information content (AvgIpc) is 2.34. The van der Waals surface area contributed by atoms with Gasteiger partial charge in [-0.2, -0.15) is 9.65 Å². The summed E-state index contributed by atoms with van der Waals surface area (Å²) in [6, 6.07) is 4.84. The molecule has 0 aliphatic rings. The van der Waals surface area contributed by atoms with Crippen molar-refractivity contribution >= 4 is 11.6 Å². The van der Waals surface area contributed by atoms with Crippen molar-refractivity contribution in [2.45, 2.75) is 6.42 Å². The Hall–Kier alpha value is -2.49. The molecule has 0 saturated heterocycles. The molecule has 1 aromatic carbocycles. The highest BCUT2D eigenvalue weighted by Crippen LogP contribution is 2.18. The molecule has 6 nitrogen and oxygen atoms in total. The van der Waals surface area contributed by atoms with Crippen LogP contribution in [0.4, 0.5) is 10.1 Å². The molecule has 0 atom stereocenters. The van der Waals surface area contributed by atoms with E-state index in [1.165, 1.54) is 18.0 Å². The molecule has 0 aliphatic heterocycles. The number of nitro groups is 1. The van der Waals surface area contributed by atoms with Crippen molar-refractivity contribution in [3.05, 3.63) is 39.7 Å². The Balaban J connectivity index is 2.91. The summed E-state index contributed by atoms with van der Waals surface area (Å²) in [5, 5.41) is 18.8. The Bertz CT molecular complexity index is 525. The smallest absolute Gasteiger partial charge is 0.304 e. The predicted octanol–water partition coefficient (Wildman–Crippen LogP) is 1.72. The van der Waals surface area contributed by atoms with E-state index in [0.717, 1.165) is 12.1 Å². The predicted molar refractivity (Wildman–Crippen MR) is 60.2 cm³/mol. The Kier molecular flexibility index (Phi) is 4.32. The first kappa shape index (κ1) is 13.6. The fraction of sp³-hybridized carbons (Fsp3) is 0.273. The van der Waals surface area contributed by atoms with E-state index in [0.29, 0.717) is 0 Å². The van der Waals surface area contributed by atoms with Crippen LogP contribution in [0.15, 0.2) is 18.2 Å². The molecule has 18 heavy (non-hydrogen) atoms. The van der Waals surface area contributed by atoms with Gasteiger partial charge in [0.15, 0.2) is 0 Å². The maximum Gasteiger partial charge on any atom is 0.304 e. The van der Waals surface area contributed by atoms with Crippen LogP contribution in [0.1, 0.15) is 16.8 Å². The molecule has 0 N–H and O–H groups in total. The number of nitrogens with zero attached hydrogens (tertiary/aromatic N) is 3. The molecule has 1 aromatic rings. The SMILES string of the molecule is CN(CCC#N)C(=O)c1ccc([N+](=O)[O-])c(F)c1. The maximum atomic E-state index is 13.3. The van der Waals surface area contributed by atoms with Gasteiger partial charge in [-0.25, -0.2) is 0 Å². The summed E-state index contributed by atoms with van der Waals surface area (Å²) >= 11 is 0. The lowest BCUT2D eigenvalue weighted by atomic mass is 10.1. The normalized spacial score (nSPS) is 9.61. The van der Waals surface area contributed by atoms with Gasteiger partial charge in [0.2, 0.25) is 5.82 Å². The quantitative estimate of drug-likeness (QED) is 0.602. The molecule has 0 fully saturated rings. The minimum Gasteiger partial charge on any atom is -0.341 e. The summed E-state index contributed by atoms with van der Waals surface area (Å²) in [6.07, 6.45) is 0.164. The number of carbonyl (C=O) groups excluding carboxylic acids is 1. The number of nitro benzene ring substituents is 1. The lowest BCUT2D eigenvalue weighted by molar-refractivity contribution is -0.387. The highest BCUT2D eigenvalue weighted by molar-refractivity contribution is 5.94. The second kappa shape index (κ2) is 5.72. The number of carbonyl (C=O) groups is 1. The van der Waals surface area contributed by atoms with Gasteiger partial charge >= 0.3 is 5.69 Å². The van der Waals surface area contributed by atoms with Crippen LogP contribution in [0.25, 0.3) is 0 Å². The minimum absolute atomic E-state index is 0.0125. The first-order valence-corrected chi connectivity index (χ1v) is 5.03. The van der Waals surface area contributed by atoms with Gasteiger partial charge in [0.25, 0.3) is 5.91 Å². The second-order valence-corrected chi connectivity index (χ2v) is 3.56. The molecule has 0 aliphatic carbocycles. The largest absolute Gasteiger partial charge is 0.341 e. The molecule has 0 bridgehead atoms. The number of hydrogen-bond acceptors (Lipinski definition) is 4. The molecule has 1 amide bonds. The van der Waals surface area contributed by atoms with Crippen molar-refractivity contribution in [2.24, 2.45) is 0 Å². The van der Waals surface area contributed by atoms with Gasteiger partial charge < -0.3 is 4.90 Å². The molecule has 0 spiro atoms. The van der Waals surface area contributed by atoms with Gasteiger partial charge in [0.1, 0.15) is 0 Å². The lowest BCUT2D eigenvalue weighted by Gasteiger charge is -2.15. The summed E-state index contributed by atoms with van der Waals surface area (Å²) in [4.78, 5) is 22.6. The molecule has 7 heteroatoms. The van der Waals surface area contributed by atoms with Gasteiger partial charge in [-0.15, -0.1) is 0 Å². The van der Waals surface area contributed by atoms with E-state index in [9.17, 15) is 19.3 Å². The zero-order chi connectivity index (χ0) is 13.7. The number of amides is 1. The summed E-state index contributed by atoms with van der Waals surface area (Å²) < 4.78 is 13.3. The molecule has 94 valence electrons. The van der Waals surface area contributed by atoms with Crippen molar-refractivity contribution in [3.63, 3.8) is 0 Å². The lowest BCUT2D eigenvalue weighted by Crippen LogP contribution is -2.27. The van der Waals surface area contributed by atoms with Crippen LogP contribution in [0, 0.1) is 27.3 Å². The van der Waals surface area contributed by atoms with Gasteiger partial charge in [-0.05, 0) is 12.1 Å². The van der Waals surface area contributed by atoms with Crippen LogP contribution < -0.4 is 0 Å². The van der Waals surface area contributed by atoms with Crippen LogP contribution in [0.2, 0.25) is 0 Å². The van der Waals surface area contributed by atoms with E-state index < -0.39 is 22.3 Å². The second-order valence-electron chi connectivity index (χ2n) is 3.56. The van der Waals surface area contributed by atoms with Crippen molar-refractivity contribution in [3.8, 4) is 6.07 Å². The summed E-state index contributed by atoms with van der Waals surface area (Å²) in [5.41, 5.74) is -0.662. The fourth-order valence-corrected chi connectivity index (χ4v) is 1.33. The standard InChI is InChI=1S/C11H10FN3O3/c1-14(6-2-5-13)11(16)8-3-4-10(15(17)18)9(12)7-8/h3-4,7H,2,6H2,1H3. The van der Waals surface area contributed by atoms with Crippen molar-refractivity contribution < 1.29 is 14.1 Å². The van der Waals surface area contributed by atoms with Crippen molar-refractivity contribution in [1.29, 1.82) is 5.26 Å². The van der Waals surface area contributed by atoms with E-state index >= 15 is 0 Å². The Morgan fingerprint density at radius 1 is 1.61 bits per heavy atom. The Morgan fingerprint density at radius 3 is 2.78 bits per heavy atom. The van der Waals surface area contributed by atoms with Gasteiger partial charge in [-0.3, -0.25) is 14.9 Å². The first-order chi connectivity index (χ1) is 8.47. The molecule has 0 radical (unpaired) electrons. The number of hydrogen-bond donors (Lipinski definition) is 0. The monoisotopic (exact) mass is 251 g/mol. The molecule has 0 unspecified atom stereocenters. The Labute approximate surface area is 102 Å². The van der Waals surface area contributed by atoms with Crippen LogP contribution >= 0.6 is 0 Å². The first-order valence-electron chi connectivity index (χ1n) is 5.03. The molecular weight excluding hydrogens is 241 g/mol. The summed E-state index contributed by atoms with van der Waals surface area (Å²) in [7, 11) is 1.47. The zero-order valence-corrected chi connectivity index (χ0v) is 9.59. The highest BCUT2D eigenvalue weighted by Gasteiger charge is 2.18. The molecular formula is C11H10FN3O3. The van der Waals surface area contributed by atoms with Gasteiger partial charge in [0.05, 0.1) is 17.4 Å². The van der Waals surface area contributed by atoms with Gasteiger partial charge in [0, 0.05) is 25.2 Å². The summed E-state index contributed by atoms with van der Waals surface area (Å²) in [6.45, 7) is 0.216. The van der Waals surface area contributed by atoms with Crippen LogP contribution in [-0.2, 0) is 0 Å². The third kappa shape index (κ3) is 3.01. The van der Waals surface area contributed by atoms with Crippen molar-refractivity contribution in [2.75, 3.05) is 13.6 Å². The third-order valence-corrected chi connectivity index (χ3v) is 2.30. The highest BCUT2D eigenvalue weighted by atomic mass is 19.1. The molecule has 0 heterocycles. The van der Waals surface area contributed by atoms with Crippen LogP contribution in [0.3, 0.4) is 0 Å². The summed E-state index contributed by atoms with van der Waals surface area (Å²) in [5.74, 6) is -1.54. The zero-order valence-electron chi connectivity index (χ0n) is 9.59. The van der Waals surface area contributed by atoms with E-state index in [2.05, 4.69) is 0 Å². The van der Waals surface area contributed by atoms with E-state index in [-0.39, 0.29) is 18.5 Å². The van der Waals surface area contributed by atoms with E-state index in [1.54, 1.807) is 0 Å². The van der Waals surface area contributed by atoms with Crippen LogP contribution in [0.5, 0.6) is 0 Å². The maximum absolute atomic E-state index is 13.3. The topological polar surface area (TPSA) is 87.2 Å². The fourth-order valence-electron chi connectivity index (χ4n) is 1.33. The molecule has 1 rings (SSSR count). The Morgan fingerprint density at radius 2 is 2.28 bits per heavy atom. The number of halogens is 1.